The summed E-state index contributed by atoms with van der Waals surface area (Å²) in [4.78, 5) is 0. The van der Waals surface area contributed by atoms with Crippen LogP contribution in [0.4, 0.5) is 0 Å². The lowest BCUT2D eigenvalue weighted by atomic mass is 10.0. The minimum atomic E-state index is -0.838. The van der Waals surface area contributed by atoms with Crippen molar-refractivity contribution in [2.45, 2.75) is 26.0 Å². The van der Waals surface area contributed by atoms with Crippen molar-refractivity contribution in [3.8, 4) is 11.5 Å². The van der Waals surface area contributed by atoms with Crippen molar-refractivity contribution >= 4 is 0 Å². The molecule has 0 saturated heterocycles. The van der Waals surface area contributed by atoms with Crippen LogP contribution in [0.3, 0.4) is 0 Å². The molecule has 1 N–H and O–H groups in total. The van der Waals surface area contributed by atoms with Crippen LogP contribution in [0.1, 0.15) is 30.7 Å². The summed E-state index contributed by atoms with van der Waals surface area (Å²) in [6, 6.07) is 7.26. The summed E-state index contributed by atoms with van der Waals surface area (Å²) in [5.74, 6) is 1.20. The maximum atomic E-state index is 10.7. The van der Waals surface area contributed by atoms with Crippen LogP contribution >= 0.6 is 0 Å². The second kappa shape index (κ2) is 6.43. The fourth-order valence-electron chi connectivity index (χ4n) is 2.27. The van der Waals surface area contributed by atoms with Crippen LogP contribution in [0.5, 0.6) is 11.5 Å². The van der Waals surface area contributed by atoms with Gasteiger partial charge in [-0.05, 0) is 24.6 Å². The maximum Gasteiger partial charge on any atom is 0.128 e. The maximum absolute atomic E-state index is 10.7. The fourth-order valence-corrected chi connectivity index (χ4v) is 2.27. The topological polar surface area (TPSA) is 56.5 Å². The molecule has 0 aliphatic carbocycles. The Balaban J connectivity index is 2.46. The summed E-state index contributed by atoms with van der Waals surface area (Å²) in [5, 5.41) is 14.9. The van der Waals surface area contributed by atoms with Gasteiger partial charge in [-0.2, -0.15) is 5.10 Å². The molecule has 2 aromatic rings. The Kier molecular flexibility index (Phi) is 4.63. The van der Waals surface area contributed by atoms with Gasteiger partial charge < -0.3 is 14.6 Å². The Hall–Kier alpha value is -2.01. The van der Waals surface area contributed by atoms with E-state index in [0.29, 0.717) is 17.1 Å². The van der Waals surface area contributed by atoms with Crippen LogP contribution in [0.25, 0.3) is 0 Å². The lowest BCUT2D eigenvalue weighted by Gasteiger charge is -2.19. The predicted octanol–water partition coefficient (Wildman–Crippen LogP) is 2.39. The van der Waals surface area contributed by atoms with Gasteiger partial charge in [-0.15, -0.1) is 0 Å². The molecule has 2 rings (SSSR count). The molecule has 5 heteroatoms. The number of aliphatic hydroxyl groups excluding tert-OH is 1. The molecule has 0 bridgehead atoms. The van der Waals surface area contributed by atoms with Crippen LogP contribution < -0.4 is 9.47 Å². The lowest BCUT2D eigenvalue weighted by molar-refractivity contribution is 0.197. The van der Waals surface area contributed by atoms with Crippen molar-refractivity contribution in [1.29, 1.82) is 0 Å². The van der Waals surface area contributed by atoms with Gasteiger partial charge in [-0.1, -0.05) is 13.0 Å². The summed E-state index contributed by atoms with van der Waals surface area (Å²) in [6.45, 7) is 2.83. The third kappa shape index (κ3) is 2.63. The van der Waals surface area contributed by atoms with Crippen molar-refractivity contribution in [3.05, 3.63) is 41.7 Å². The smallest absolute Gasteiger partial charge is 0.128 e. The van der Waals surface area contributed by atoms with E-state index in [1.165, 1.54) is 0 Å². The van der Waals surface area contributed by atoms with Crippen molar-refractivity contribution in [3.63, 3.8) is 0 Å². The Morgan fingerprint density at radius 1 is 1.20 bits per heavy atom. The minimum Gasteiger partial charge on any atom is -0.496 e. The monoisotopic (exact) mass is 276 g/mol. The van der Waals surface area contributed by atoms with E-state index >= 15 is 0 Å². The van der Waals surface area contributed by atoms with Gasteiger partial charge in [0.2, 0.25) is 0 Å². The molecule has 5 nitrogen and oxygen atoms in total. The highest BCUT2D eigenvalue weighted by atomic mass is 16.5. The van der Waals surface area contributed by atoms with E-state index in [2.05, 4.69) is 12.0 Å². The molecular weight excluding hydrogens is 256 g/mol. The number of aliphatic hydroxyl groups is 1. The number of nitrogens with zero attached hydrogens (tertiary/aromatic N) is 2. The molecule has 0 saturated carbocycles. The zero-order valence-corrected chi connectivity index (χ0v) is 12.0. The third-order valence-electron chi connectivity index (χ3n) is 3.20. The van der Waals surface area contributed by atoms with E-state index in [4.69, 9.17) is 9.47 Å². The molecule has 0 aliphatic rings. The van der Waals surface area contributed by atoms with Crippen LogP contribution in [0.2, 0.25) is 0 Å². The molecule has 108 valence electrons. The molecular formula is C15H20N2O3. The SMILES string of the molecule is CCCn1nccc1C(O)c1c(OC)cccc1OC. The van der Waals surface area contributed by atoms with Crippen LogP contribution in [0.15, 0.2) is 30.5 Å². The summed E-state index contributed by atoms with van der Waals surface area (Å²) in [5.41, 5.74) is 1.35. The average Bonchev–Trinajstić information content (AvgIpc) is 2.94. The highest BCUT2D eigenvalue weighted by molar-refractivity contribution is 5.48. The van der Waals surface area contributed by atoms with Gasteiger partial charge in [0, 0.05) is 12.7 Å². The van der Waals surface area contributed by atoms with E-state index in [-0.39, 0.29) is 0 Å². The molecule has 1 heterocycles. The van der Waals surface area contributed by atoms with E-state index in [0.717, 1.165) is 18.7 Å². The number of methoxy groups -OCH3 is 2. The first-order valence-electron chi connectivity index (χ1n) is 6.63. The number of benzene rings is 1. The van der Waals surface area contributed by atoms with E-state index < -0.39 is 6.10 Å². The van der Waals surface area contributed by atoms with Gasteiger partial charge in [-0.3, -0.25) is 4.68 Å². The number of hydrogen-bond acceptors (Lipinski definition) is 4. The van der Waals surface area contributed by atoms with Gasteiger partial charge in [0.25, 0.3) is 0 Å². The summed E-state index contributed by atoms with van der Waals surface area (Å²) in [7, 11) is 3.16. The number of aromatic nitrogens is 2. The molecule has 0 fully saturated rings. The van der Waals surface area contributed by atoms with E-state index in [1.54, 1.807) is 25.1 Å². The molecule has 1 unspecified atom stereocenters. The number of ether oxygens (including phenoxy) is 2. The van der Waals surface area contributed by atoms with Crippen molar-refractivity contribution in [2.24, 2.45) is 0 Å². The van der Waals surface area contributed by atoms with E-state index in [1.807, 2.05) is 24.3 Å². The second-order valence-electron chi connectivity index (χ2n) is 4.46. The number of rotatable bonds is 6. The molecule has 0 aliphatic heterocycles. The summed E-state index contributed by atoms with van der Waals surface area (Å²) < 4.78 is 12.5. The zero-order valence-electron chi connectivity index (χ0n) is 12.0. The first-order valence-corrected chi connectivity index (χ1v) is 6.63. The Labute approximate surface area is 118 Å². The fraction of sp³-hybridized carbons (Fsp3) is 0.400. The Morgan fingerprint density at radius 3 is 2.40 bits per heavy atom. The quantitative estimate of drug-likeness (QED) is 0.880. The van der Waals surface area contributed by atoms with Crippen molar-refractivity contribution < 1.29 is 14.6 Å². The molecule has 1 aromatic heterocycles. The van der Waals surface area contributed by atoms with Crippen LogP contribution in [-0.4, -0.2) is 29.1 Å². The lowest BCUT2D eigenvalue weighted by Crippen LogP contribution is -2.12. The van der Waals surface area contributed by atoms with Gasteiger partial charge in [0.15, 0.2) is 0 Å². The highest BCUT2D eigenvalue weighted by Gasteiger charge is 2.23. The molecule has 1 aromatic carbocycles. The number of aryl methyl sites for hydroxylation is 1. The first kappa shape index (κ1) is 14.4. The van der Waals surface area contributed by atoms with Gasteiger partial charge in [-0.25, -0.2) is 0 Å². The van der Waals surface area contributed by atoms with Crippen molar-refractivity contribution in [2.75, 3.05) is 14.2 Å². The first-order chi connectivity index (χ1) is 9.72. The van der Waals surface area contributed by atoms with Crippen LogP contribution in [0, 0.1) is 0 Å². The zero-order chi connectivity index (χ0) is 14.5. The van der Waals surface area contributed by atoms with Crippen LogP contribution in [-0.2, 0) is 6.54 Å². The van der Waals surface area contributed by atoms with Crippen molar-refractivity contribution in [1.82, 2.24) is 9.78 Å². The molecule has 1 atom stereocenters. The Bertz CT molecular complexity index is 544. The largest absolute Gasteiger partial charge is 0.496 e. The molecule has 20 heavy (non-hydrogen) atoms. The van der Waals surface area contributed by atoms with Gasteiger partial charge >= 0.3 is 0 Å². The summed E-state index contributed by atoms with van der Waals surface area (Å²) in [6.07, 6.45) is 1.80. The number of hydrogen-bond donors (Lipinski definition) is 1. The summed E-state index contributed by atoms with van der Waals surface area (Å²) >= 11 is 0. The predicted molar refractivity (Wildman–Crippen MR) is 76.1 cm³/mol. The minimum absolute atomic E-state index is 0.598. The highest BCUT2D eigenvalue weighted by Crippen LogP contribution is 2.37. The molecule has 0 amide bonds. The van der Waals surface area contributed by atoms with Gasteiger partial charge in [0.05, 0.1) is 25.5 Å². The third-order valence-corrected chi connectivity index (χ3v) is 3.20. The average molecular weight is 276 g/mol. The van der Waals surface area contributed by atoms with Gasteiger partial charge in [0.1, 0.15) is 17.6 Å². The Morgan fingerprint density at radius 2 is 1.85 bits per heavy atom. The second-order valence-corrected chi connectivity index (χ2v) is 4.46. The standard InChI is InChI=1S/C15H20N2O3/c1-4-10-17-11(8-9-16-17)15(18)14-12(19-2)6-5-7-13(14)20-3/h5-9,15,18H,4,10H2,1-3H3. The molecule has 0 radical (unpaired) electrons. The normalized spacial score (nSPS) is 12.2. The molecule has 0 spiro atoms. The van der Waals surface area contributed by atoms with E-state index in [9.17, 15) is 5.11 Å².